The summed E-state index contributed by atoms with van der Waals surface area (Å²) in [5.74, 6) is -2.89. The zero-order valence-electron chi connectivity index (χ0n) is 7.36. The molecule has 0 saturated carbocycles. The SMILES string of the molecule is C=C/C(C)=C(\F)C(=O)OF.CC. The Morgan fingerprint density at radius 3 is 2.17 bits per heavy atom. The summed E-state index contributed by atoms with van der Waals surface area (Å²) in [6, 6.07) is 0. The lowest BCUT2D eigenvalue weighted by molar-refractivity contribution is -0.180. The van der Waals surface area contributed by atoms with Crippen molar-refractivity contribution in [1.82, 2.24) is 0 Å². The van der Waals surface area contributed by atoms with Crippen LogP contribution in [0.4, 0.5) is 8.92 Å². The van der Waals surface area contributed by atoms with Crippen LogP contribution in [0.3, 0.4) is 0 Å². The first-order chi connectivity index (χ1) is 5.63. The molecule has 4 heteroatoms. The molecule has 0 aromatic rings. The summed E-state index contributed by atoms with van der Waals surface area (Å²) >= 11 is 0. The van der Waals surface area contributed by atoms with Gasteiger partial charge in [-0.2, -0.15) is 4.39 Å². The second-order valence-corrected chi connectivity index (χ2v) is 1.57. The highest BCUT2D eigenvalue weighted by Crippen LogP contribution is 2.08. The van der Waals surface area contributed by atoms with E-state index in [0.717, 1.165) is 6.08 Å². The molecular formula is C8H12F2O2. The third-order valence-corrected chi connectivity index (χ3v) is 0.902. The quantitative estimate of drug-likeness (QED) is 0.480. The molecule has 0 spiro atoms. The first-order valence-corrected chi connectivity index (χ1v) is 3.45. The number of carbonyl (C=O) groups is 1. The molecule has 0 amide bonds. The van der Waals surface area contributed by atoms with Gasteiger partial charge >= 0.3 is 5.97 Å². The van der Waals surface area contributed by atoms with Crippen LogP contribution in [0.25, 0.3) is 0 Å². The Morgan fingerprint density at radius 1 is 1.50 bits per heavy atom. The van der Waals surface area contributed by atoms with Gasteiger partial charge in [0.2, 0.25) is 5.83 Å². The van der Waals surface area contributed by atoms with E-state index in [0.29, 0.717) is 0 Å². The minimum atomic E-state index is -1.63. The lowest BCUT2D eigenvalue weighted by Gasteiger charge is -1.91. The van der Waals surface area contributed by atoms with Gasteiger partial charge in [-0.05, 0) is 12.5 Å². The van der Waals surface area contributed by atoms with E-state index < -0.39 is 11.8 Å². The fraction of sp³-hybridized carbons (Fsp3) is 0.375. The van der Waals surface area contributed by atoms with E-state index in [-0.39, 0.29) is 5.57 Å². The highest BCUT2D eigenvalue weighted by Gasteiger charge is 2.12. The molecule has 0 saturated heterocycles. The van der Waals surface area contributed by atoms with Gasteiger partial charge in [-0.15, -0.1) is 0 Å². The summed E-state index contributed by atoms with van der Waals surface area (Å²) in [6.07, 6.45) is 1.09. The number of halogens is 2. The van der Waals surface area contributed by atoms with Gasteiger partial charge in [0, 0.05) is 4.53 Å². The molecule has 0 aromatic heterocycles. The number of hydrogen-bond acceptors (Lipinski definition) is 2. The molecule has 0 aliphatic carbocycles. The van der Waals surface area contributed by atoms with Crippen LogP contribution in [-0.4, -0.2) is 5.97 Å². The van der Waals surface area contributed by atoms with E-state index in [1.807, 2.05) is 13.8 Å². The highest BCUT2D eigenvalue weighted by molar-refractivity contribution is 5.86. The summed E-state index contributed by atoms with van der Waals surface area (Å²) in [7, 11) is 0. The Kier molecular flexibility index (Phi) is 8.84. The van der Waals surface area contributed by atoms with Crippen LogP contribution in [0, 0.1) is 0 Å². The second kappa shape index (κ2) is 7.91. The van der Waals surface area contributed by atoms with Crippen LogP contribution in [0.1, 0.15) is 20.8 Å². The van der Waals surface area contributed by atoms with Gasteiger partial charge in [0.25, 0.3) is 0 Å². The molecule has 0 fully saturated rings. The Labute approximate surface area is 70.4 Å². The van der Waals surface area contributed by atoms with Gasteiger partial charge in [-0.25, -0.2) is 9.74 Å². The summed E-state index contributed by atoms with van der Waals surface area (Å²) in [6.45, 7) is 8.45. The summed E-state index contributed by atoms with van der Waals surface area (Å²) in [5, 5.41) is 0. The second-order valence-electron chi connectivity index (χ2n) is 1.57. The average Bonchev–Trinajstić information content (AvgIpc) is 2.17. The monoisotopic (exact) mass is 178 g/mol. The molecule has 0 bridgehead atoms. The van der Waals surface area contributed by atoms with Crippen LogP contribution in [-0.2, 0) is 9.74 Å². The number of carbonyl (C=O) groups excluding carboxylic acids is 1. The molecule has 0 radical (unpaired) electrons. The van der Waals surface area contributed by atoms with Crippen molar-refractivity contribution in [1.29, 1.82) is 0 Å². The Bertz CT molecular complexity index is 185. The molecule has 0 rings (SSSR count). The van der Waals surface area contributed by atoms with Crippen molar-refractivity contribution < 1.29 is 18.7 Å². The topological polar surface area (TPSA) is 26.3 Å². The van der Waals surface area contributed by atoms with Crippen molar-refractivity contribution in [2.45, 2.75) is 20.8 Å². The van der Waals surface area contributed by atoms with E-state index in [1.165, 1.54) is 6.92 Å². The van der Waals surface area contributed by atoms with Crippen molar-refractivity contribution in [2.75, 3.05) is 0 Å². The van der Waals surface area contributed by atoms with Gasteiger partial charge < -0.3 is 0 Å². The van der Waals surface area contributed by atoms with Crippen molar-refractivity contribution >= 4 is 5.97 Å². The van der Waals surface area contributed by atoms with Crippen LogP contribution in [0.2, 0.25) is 0 Å². The van der Waals surface area contributed by atoms with Gasteiger partial charge in [0.1, 0.15) is 0 Å². The lowest BCUT2D eigenvalue weighted by atomic mass is 10.3. The van der Waals surface area contributed by atoms with Gasteiger partial charge in [-0.3, -0.25) is 0 Å². The largest absolute Gasteiger partial charge is 0.407 e. The fourth-order valence-corrected chi connectivity index (χ4v) is 0.284. The van der Waals surface area contributed by atoms with E-state index in [9.17, 15) is 13.7 Å². The normalized spacial score (nSPS) is 10.4. The molecule has 0 unspecified atom stereocenters. The van der Waals surface area contributed by atoms with Crippen LogP contribution < -0.4 is 0 Å². The fourth-order valence-electron chi connectivity index (χ4n) is 0.284. The standard InChI is InChI=1S/C6H6F2O2.C2H6/c1-3-4(2)5(7)6(9)10-8;1-2/h3H,1H2,2H3;1-2H3/b5-4-;. The van der Waals surface area contributed by atoms with Gasteiger partial charge in [0.05, 0.1) is 0 Å². The van der Waals surface area contributed by atoms with Crippen LogP contribution in [0.15, 0.2) is 24.1 Å². The van der Waals surface area contributed by atoms with Crippen LogP contribution in [0.5, 0.6) is 0 Å². The smallest absolute Gasteiger partial charge is 0.247 e. The van der Waals surface area contributed by atoms with Crippen molar-refractivity contribution in [3.8, 4) is 0 Å². The van der Waals surface area contributed by atoms with E-state index in [2.05, 4.69) is 11.5 Å². The summed E-state index contributed by atoms with van der Waals surface area (Å²) in [4.78, 5) is 12.6. The molecule has 0 aliphatic rings. The minimum absolute atomic E-state index is 0.0531. The van der Waals surface area contributed by atoms with Crippen molar-refractivity contribution in [2.24, 2.45) is 0 Å². The molecule has 70 valence electrons. The lowest BCUT2D eigenvalue weighted by Crippen LogP contribution is -1.99. The van der Waals surface area contributed by atoms with Gasteiger partial charge in [-0.1, -0.05) is 26.5 Å². The summed E-state index contributed by atoms with van der Waals surface area (Å²) < 4.78 is 23.3. The maximum absolute atomic E-state index is 12.3. The predicted octanol–water partition coefficient (Wildman–Crippen LogP) is 2.87. The Balaban J connectivity index is 0. The van der Waals surface area contributed by atoms with E-state index >= 15 is 0 Å². The highest BCUT2D eigenvalue weighted by atomic mass is 19.3. The molecule has 0 aliphatic heterocycles. The summed E-state index contributed by atoms with van der Waals surface area (Å²) in [5.41, 5.74) is -0.0531. The first-order valence-electron chi connectivity index (χ1n) is 3.45. The molecule has 0 heterocycles. The Hall–Kier alpha value is -1.19. The number of allylic oxidation sites excluding steroid dienone is 2. The van der Waals surface area contributed by atoms with E-state index in [4.69, 9.17) is 0 Å². The maximum atomic E-state index is 12.3. The molecule has 2 nitrogen and oxygen atoms in total. The average molecular weight is 178 g/mol. The van der Waals surface area contributed by atoms with Gasteiger partial charge in [0.15, 0.2) is 0 Å². The zero-order valence-corrected chi connectivity index (χ0v) is 7.36. The molecular weight excluding hydrogens is 166 g/mol. The third kappa shape index (κ3) is 4.60. The third-order valence-electron chi connectivity index (χ3n) is 0.902. The Morgan fingerprint density at radius 2 is 1.92 bits per heavy atom. The first kappa shape index (κ1) is 13.4. The maximum Gasteiger partial charge on any atom is 0.407 e. The predicted molar refractivity (Wildman–Crippen MR) is 42.6 cm³/mol. The zero-order chi connectivity index (χ0) is 10.1. The number of hydrogen-bond donors (Lipinski definition) is 0. The molecule has 0 N–H and O–H groups in total. The molecule has 0 aromatic carbocycles. The van der Waals surface area contributed by atoms with Crippen molar-refractivity contribution in [3.63, 3.8) is 0 Å². The van der Waals surface area contributed by atoms with Crippen LogP contribution >= 0.6 is 0 Å². The van der Waals surface area contributed by atoms with E-state index in [1.54, 1.807) is 0 Å². The van der Waals surface area contributed by atoms with Crippen molar-refractivity contribution in [3.05, 3.63) is 24.1 Å². The minimum Gasteiger partial charge on any atom is -0.247 e. The molecule has 0 atom stereocenters. The molecule has 12 heavy (non-hydrogen) atoms. The number of rotatable bonds is 2.